The molecule has 1 atom stereocenters. The lowest BCUT2D eigenvalue weighted by molar-refractivity contribution is -0.384. The average Bonchev–Trinajstić information content (AvgIpc) is 3.05. The van der Waals surface area contributed by atoms with E-state index in [1.165, 1.54) is 48.7 Å². The van der Waals surface area contributed by atoms with Crippen molar-refractivity contribution in [3.8, 4) is 11.5 Å². The highest BCUT2D eigenvalue weighted by atomic mass is 16.6. The van der Waals surface area contributed by atoms with E-state index < -0.39 is 10.9 Å². The Bertz CT molecular complexity index is 1860. The van der Waals surface area contributed by atoms with Gasteiger partial charge < -0.3 is 20.9 Å². The Labute approximate surface area is 264 Å². The molecular weight excluding hydrogens is 590 g/mol. The first-order valence-electron chi connectivity index (χ1n) is 14.4. The van der Waals surface area contributed by atoms with Crippen LogP contribution in [0.4, 0.5) is 17.5 Å². The number of benzene rings is 3. The Morgan fingerprint density at radius 3 is 2.57 bits per heavy atom. The first kappa shape index (κ1) is 31.3. The molecule has 13 nitrogen and oxygen atoms in total. The molecule has 1 aromatic heterocycles. The number of non-ortho nitro benzene ring substituents is 1. The van der Waals surface area contributed by atoms with Crippen LogP contribution in [0.15, 0.2) is 78.0 Å². The van der Waals surface area contributed by atoms with E-state index in [9.17, 15) is 19.7 Å². The summed E-state index contributed by atoms with van der Waals surface area (Å²) in [6.07, 6.45) is 7.93. The molecule has 4 N–H and O–H groups in total. The third-order valence-electron chi connectivity index (χ3n) is 7.34. The first-order valence-corrected chi connectivity index (χ1v) is 14.4. The normalized spacial score (nSPS) is 13.8. The maximum absolute atomic E-state index is 13.5. The van der Waals surface area contributed by atoms with Crippen LogP contribution in [-0.2, 0) is 11.2 Å². The van der Waals surface area contributed by atoms with Gasteiger partial charge in [-0.25, -0.2) is 14.8 Å². The van der Waals surface area contributed by atoms with E-state index in [1.54, 1.807) is 24.4 Å². The number of nitro groups is 1. The molecule has 0 saturated heterocycles. The van der Waals surface area contributed by atoms with Crippen LogP contribution in [0.3, 0.4) is 0 Å². The largest absolute Gasteiger partial charge is 0.492 e. The molecule has 2 heterocycles. The summed E-state index contributed by atoms with van der Waals surface area (Å²) in [5, 5.41) is 17.0. The van der Waals surface area contributed by atoms with Crippen molar-refractivity contribution in [1.82, 2.24) is 15.0 Å². The van der Waals surface area contributed by atoms with Crippen molar-refractivity contribution in [2.24, 2.45) is 5.10 Å². The fourth-order valence-electron chi connectivity index (χ4n) is 5.14. The van der Waals surface area contributed by atoms with Gasteiger partial charge in [0.15, 0.2) is 11.5 Å². The number of nitrogens with two attached hydrogens (primary N) is 2. The molecule has 0 bridgehead atoms. The molecule has 1 aliphatic heterocycles. The summed E-state index contributed by atoms with van der Waals surface area (Å²) >= 11 is 0. The zero-order chi connectivity index (χ0) is 32.8. The number of methoxy groups -OCH3 is 1. The number of aromatic nitrogens is 2. The Morgan fingerprint density at radius 1 is 1.11 bits per heavy atom. The van der Waals surface area contributed by atoms with E-state index >= 15 is 0 Å². The number of amides is 1. The molecule has 0 saturated carbocycles. The third kappa shape index (κ3) is 6.83. The lowest BCUT2D eigenvalue weighted by Gasteiger charge is -2.31. The Morgan fingerprint density at radius 2 is 1.87 bits per heavy atom. The van der Waals surface area contributed by atoms with E-state index in [0.29, 0.717) is 16.7 Å². The predicted molar refractivity (Wildman–Crippen MR) is 172 cm³/mol. The van der Waals surface area contributed by atoms with E-state index in [4.69, 9.17) is 20.9 Å². The highest BCUT2D eigenvalue weighted by Crippen LogP contribution is 2.36. The van der Waals surface area contributed by atoms with Crippen LogP contribution in [0, 0.1) is 10.1 Å². The van der Waals surface area contributed by atoms with Gasteiger partial charge in [0.2, 0.25) is 5.95 Å². The average molecular weight is 622 g/mol. The van der Waals surface area contributed by atoms with Crippen LogP contribution in [0.5, 0.6) is 11.5 Å². The molecular formula is C33H31N7O6. The van der Waals surface area contributed by atoms with E-state index in [0.717, 1.165) is 24.0 Å². The second-order valence-electron chi connectivity index (χ2n) is 10.4. The van der Waals surface area contributed by atoms with Crippen molar-refractivity contribution in [3.05, 3.63) is 116 Å². The molecule has 0 radical (unpaired) electrons. The monoisotopic (exact) mass is 621 g/mol. The van der Waals surface area contributed by atoms with Crippen LogP contribution < -0.4 is 20.9 Å². The highest BCUT2D eigenvalue weighted by molar-refractivity contribution is 5.95. The molecule has 46 heavy (non-hydrogen) atoms. The van der Waals surface area contributed by atoms with Gasteiger partial charge in [0.25, 0.3) is 11.6 Å². The molecule has 0 spiro atoms. The van der Waals surface area contributed by atoms with E-state index in [2.05, 4.69) is 15.1 Å². The number of rotatable bonds is 10. The summed E-state index contributed by atoms with van der Waals surface area (Å²) in [6, 6.07) is 16.0. The first-order chi connectivity index (χ1) is 22.2. The van der Waals surface area contributed by atoms with Crippen molar-refractivity contribution in [2.45, 2.75) is 32.2 Å². The minimum atomic E-state index is -0.768. The Balaban J connectivity index is 1.50. The summed E-state index contributed by atoms with van der Waals surface area (Å²) in [5.74, 6) is -0.667. The van der Waals surface area contributed by atoms with Gasteiger partial charge in [-0.3, -0.25) is 14.9 Å². The number of hydrogen-bond donors (Lipinski definition) is 2. The lowest BCUT2D eigenvalue weighted by Crippen LogP contribution is -2.32. The van der Waals surface area contributed by atoms with Crippen LogP contribution in [0.2, 0.25) is 0 Å². The molecule has 0 fully saturated rings. The topological polar surface area (TPSA) is 189 Å². The number of nitro benzene ring substituents is 1. The smallest absolute Gasteiger partial charge is 0.343 e. The van der Waals surface area contributed by atoms with Crippen molar-refractivity contribution in [3.63, 3.8) is 0 Å². The van der Waals surface area contributed by atoms with Crippen LogP contribution in [0.25, 0.3) is 6.08 Å². The van der Waals surface area contributed by atoms with Gasteiger partial charge in [0, 0.05) is 42.0 Å². The molecule has 4 aromatic rings. The summed E-state index contributed by atoms with van der Waals surface area (Å²) in [5.41, 5.74) is 15.3. The van der Waals surface area contributed by atoms with Crippen LogP contribution in [-0.4, -0.2) is 45.1 Å². The number of fused-ring (bicyclic) bond motifs is 1. The quantitative estimate of drug-likeness (QED) is 0.0792. The minimum Gasteiger partial charge on any atom is -0.492 e. The van der Waals surface area contributed by atoms with Gasteiger partial charge in [-0.05, 0) is 53.5 Å². The summed E-state index contributed by atoms with van der Waals surface area (Å²) in [6.45, 7) is 2.05. The number of hydrogen-bond acceptors (Lipinski definition) is 11. The molecule has 5 rings (SSSR count). The number of hydrazone groups is 1. The predicted octanol–water partition coefficient (Wildman–Crippen LogP) is 5.10. The molecule has 234 valence electrons. The van der Waals surface area contributed by atoms with E-state index in [-0.39, 0.29) is 52.9 Å². The number of anilines is 2. The van der Waals surface area contributed by atoms with Crippen molar-refractivity contribution < 1.29 is 24.0 Å². The minimum absolute atomic E-state index is 0.0280. The number of nitrogens with zero attached hydrogens (tertiary/aromatic N) is 5. The van der Waals surface area contributed by atoms with Gasteiger partial charge in [-0.2, -0.15) is 10.1 Å². The van der Waals surface area contributed by atoms with Gasteiger partial charge >= 0.3 is 5.97 Å². The lowest BCUT2D eigenvalue weighted by atomic mass is 9.95. The van der Waals surface area contributed by atoms with Crippen molar-refractivity contribution in [1.29, 1.82) is 0 Å². The molecule has 1 aliphatic rings. The van der Waals surface area contributed by atoms with Gasteiger partial charge in [0.05, 0.1) is 29.9 Å². The Kier molecular flexibility index (Phi) is 9.31. The van der Waals surface area contributed by atoms with Crippen molar-refractivity contribution in [2.75, 3.05) is 18.6 Å². The van der Waals surface area contributed by atoms with Gasteiger partial charge in [-0.15, -0.1) is 0 Å². The number of carbonyl (C=O) groups is 2. The maximum atomic E-state index is 13.5. The number of nitrogen functional groups attached to an aromatic ring is 2. The second kappa shape index (κ2) is 13.7. The molecule has 0 aliphatic carbocycles. The molecule has 1 amide bonds. The summed E-state index contributed by atoms with van der Waals surface area (Å²) in [4.78, 5) is 45.2. The third-order valence-corrected chi connectivity index (χ3v) is 7.34. The fourth-order valence-corrected chi connectivity index (χ4v) is 5.14. The molecule has 3 aromatic carbocycles. The number of carbonyl (C=O) groups excluding carboxylic acids is 2. The van der Waals surface area contributed by atoms with Gasteiger partial charge in [-0.1, -0.05) is 37.6 Å². The summed E-state index contributed by atoms with van der Waals surface area (Å²) in [7, 11) is 1.41. The van der Waals surface area contributed by atoms with Gasteiger partial charge in [0.1, 0.15) is 5.82 Å². The second-order valence-corrected chi connectivity index (χ2v) is 10.4. The maximum Gasteiger partial charge on any atom is 0.343 e. The zero-order valence-electron chi connectivity index (χ0n) is 25.1. The fraction of sp³-hybridized carbons (Fsp3) is 0.182. The SMILES string of the molecule is CCCC1c2ccccc2C=NN1C(=O)/C=C/c1cc(Cc2cnc(N)nc2N)cc(OC(=O)c2ccc([N+](=O)[O-])cc2)c1OC. The highest BCUT2D eigenvalue weighted by Gasteiger charge is 2.28. The molecule has 1 unspecified atom stereocenters. The number of ether oxygens (including phenoxy) is 2. The van der Waals surface area contributed by atoms with Crippen LogP contribution >= 0.6 is 0 Å². The zero-order valence-corrected chi connectivity index (χ0v) is 25.1. The van der Waals surface area contributed by atoms with Crippen LogP contribution in [0.1, 0.15) is 64.0 Å². The van der Waals surface area contributed by atoms with Crippen molar-refractivity contribution >= 4 is 41.6 Å². The standard InChI is InChI=1S/C33H31N7O6/c1-3-6-27-26-8-5-4-7-23(26)19-37-39(27)29(41)14-11-22-15-20(16-24-18-36-33(35)38-31(24)34)17-28(30(22)45-2)46-32(42)21-9-12-25(13-10-21)40(43)44/h4-5,7-15,17-19,27H,3,6,16H2,1-2H3,(H4,34,35,36,38)/b14-11+. The summed E-state index contributed by atoms with van der Waals surface area (Å²) < 4.78 is 11.4. The van der Waals surface area contributed by atoms with E-state index in [1.807, 2.05) is 31.2 Å². The molecule has 13 heteroatoms. The number of esters is 1. The Hall–Kier alpha value is -6.11.